The first-order valence-electron chi connectivity index (χ1n) is 2.62. The third-order valence-electron chi connectivity index (χ3n) is 0.900. The first-order chi connectivity index (χ1) is 4.43. The van der Waals surface area contributed by atoms with E-state index in [9.17, 15) is 0 Å². The highest BCUT2D eigenvalue weighted by atomic mass is 14.8. The number of aromatic nitrogens is 2. The van der Waals surface area contributed by atoms with Crippen LogP contribution in [0.15, 0.2) is 18.6 Å². The topological polar surface area (TPSA) is 25.8 Å². The Hall–Kier alpha value is -1.36. The van der Waals surface area contributed by atoms with Gasteiger partial charge in [0.25, 0.3) is 0 Å². The van der Waals surface area contributed by atoms with Crippen LogP contribution in [-0.2, 0) is 6.42 Å². The smallest absolute Gasteiger partial charge is 0.0705 e. The van der Waals surface area contributed by atoms with Crippen LogP contribution in [0, 0.1) is 12.3 Å². The van der Waals surface area contributed by atoms with Gasteiger partial charge in [0.15, 0.2) is 0 Å². The van der Waals surface area contributed by atoms with Crippen LogP contribution in [0.3, 0.4) is 0 Å². The molecule has 9 heavy (non-hydrogen) atoms. The van der Waals surface area contributed by atoms with E-state index in [2.05, 4.69) is 15.9 Å². The Morgan fingerprint density at radius 3 is 3.00 bits per heavy atom. The van der Waals surface area contributed by atoms with Crippen LogP contribution < -0.4 is 0 Å². The molecule has 0 aliphatic rings. The van der Waals surface area contributed by atoms with Crippen molar-refractivity contribution in [2.75, 3.05) is 0 Å². The summed E-state index contributed by atoms with van der Waals surface area (Å²) in [5.74, 6) is 2.48. The van der Waals surface area contributed by atoms with Gasteiger partial charge in [-0.15, -0.1) is 12.3 Å². The third kappa shape index (κ3) is 1.54. The highest BCUT2D eigenvalue weighted by molar-refractivity contribution is 5.04. The van der Waals surface area contributed by atoms with Gasteiger partial charge in [-0.05, 0) is 0 Å². The minimum atomic E-state index is 0.563. The second kappa shape index (κ2) is 2.83. The van der Waals surface area contributed by atoms with Crippen LogP contribution >= 0.6 is 0 Å². The highest BCUT2D eigenvalue weighted by Gasteiger charge is 1.85. The Bertz CT molecular complexity index is 210. The van der Waals surface area contributed by atoms with E-state index in [0.717, 1.165) is 5.69 Å². The van der Waals surface area contributed by atoms with Crippen LogP contribution in [0.5, 0.6) is 0 Å². The van der Waals surface area contributed by atoms with E-state index in [1.807, 2.05) is 0 Å². The van der Waals surface area contributed by atoms with Crippen molar-refractivity contribution in [3.63, 3.8) is 0 Å². The summed E-state index contributed by atoms with van der Waals surface area (Å²) in [5, 5.41) is 0. The molecule has 0 unspecified atom stereocenters. The van der Waals surface area contributed by atoms with Crippen molar-refractivity contribution < 1.29 is 0 Å². The second-order valence-corrected chi connectivity index (χ2v) is 1.58. The molecule has 0 aliphatic carbocycles. The summed E-state index contributed by atoms with van der Waals surface area (Å²) in [4.78, 5) is 7.81. The van der Waals surface area contributed by atoms with E-state index in [1.54, 1.807) is 18.6 Å². The van der Waals surface area contributed by atoms with E-state index >= 15 is 0 Å². The van der Waals surface area contributed by atoms with E-state index in [4.69, 9.17) is 6.42 Å². The first kappa shape index (κ1) is 5.77. The summed E-state index contributed by atoms with van der Waals surface area (Å²) in [6, 6.07) is 0. The molecule has 0 saturated heterocycles. The zero-order valence-electron chi connectivity index (χ0n) is 4.91. The molecule has 2 nitrogen and oxygen atoms in total. The fourth-order valence-electron chi connectivity index (χ4n) is 0.526. The van der Waals surface area contributed by atoms with Gasteiger partial charge >= 0.3 is 0 Å². The van der Waals surface area contributed by atoms with Crippen LogP contribution in [0.1, 0.15) is 5.69 Å². The lowest BCUT2D eigenvalue weighted by atomic mass is 10.3. The van der Waals surface area contributed by atoms with Gasteiger partial charge in [-0.2, -0.15) is 0 Å². The van der Waals surface area contributed by atoms with E-state index < -0.39 is 0 Å². The fraction of sp³-hybridized carbons (Fsp3) is 0.143. The molecule has 0 atom stereocenters. The molecule has 0 N–H and O–H groups in total. The van der Waals surface area contributed by atoms with Crippen LogP contribution in [0.4, 0.5) is 0 Å². The zero-order chi connectivity index (χ0) is 6.53. The lowest BCUT2D eigenvalue weighted by Crippen LogP contribution is -1.86. The van der Waals surface area contributed by atoms with E-state index in [0.29, 0.717) is 6.42 Å². The lowest BCUT2D eigenvalue weighted by Gasteiger charge is -1.87. The second-order valence-electron chi connectivity index (χ2n) is 1.58. The summed E-state index contributed by atoms with van der Waals surface area (Å²) < 4.78 is 0. The van der Waals surface area contributed by atoms with Crippen molar-refractivity contribution in [2.45, 2.75) is 6.42 Å². The molecular formula is C7H6N2. The Balaban J connectivity index is 2.76. The predicted molar refractivity (Wildman–Crippen MR) is 34.6 cm³/mol. The molecule has 0 fully saturated rings. The van der Waals surface area contributed by atoms with Gasteiger partial charge < -0.3 is 0 Å². The summed E-state index contributed by atoms with van der Waals surface area (Å²) in [5.41, 5.74) is 0.847. The average Bonchev–Trinajstić information content (AvgIpc) is 1.91. The molecule has 1 rings (SSSR count). The summed E-state index contributed by atoms with van der Waals surface area (Å²) in [6.45, 7) is 0. The van der Waals surface area contributed by atoms with Gasteiger partial charge in [-0.1, -0.05) is 0 Å². The highest BCUT2D eigenvalue weighted by Crippen LogP contribution is 1.88. The molecule has 0 saturated carbocycles. The fourth-order valence-corrected chi connectivity index (χ4v) is 0.526. The summed E-state index contributed by atoms with van der Waals surface area (Å²) in [6.07, 6.45) is 10.5. The summed E-state index contributed by atoms with van der Waals surface area (Å²) in [7, 11) is 0. The normalized spacial score (nSPS) is 8.33. The van der Waals surface area contributed by atoms with E-state index in [-0.39, 0.29) is 0 Å². The molecular weight excluding hydrogens is 112 g/mol. The molecule has 0 spiro atoms. The van der Waals surface area contributed by atoms with Crippen molar-refractivity contribution in [1.29, 1.82) is 0 Å². The van der Waals surface area contributed by atoms with Crippen molar-refractivity contribution in [3.8, 4) is 12.3 Å². The first-order valence-corrected chi connectivity index (χ1v) is 2.62. The Morgan fingerprint density at radius 2 is 2.44 bits per heavy atom. The van der Waals surface area contributed by atoms with Crippen LogP contribution in [0.25, 0.3) is 0 Å². The standard InChI is InChI=1S/C7H6N2/c1-2-3-7-6-8-4-5-9-7/h1,4-6H,3H2. The molecule has 0 radical (unpaired) electrons. The van der Waals surface area contributed by atoms with Crippen LogP contribution in [-0.4, -0.2) is 9.97 Å². The average molecular weight is 118 g/mol. The minimum Gasteiger partial charge on any atom is -0.261 e. The van der Waals surface area contributed by atoms with Gasteiger partial charge in [-0.3, -0.25) is 9.97 Å². The zero-order valence-corrected chi connectivity index (χ0v) is 4.91. The number of hydrogen-bond donors (Lipinski definition) is 0. The van der Waals surface area contributed by atoms with Crippen molar-refractivity contribution in [2.24, 2.45) is 0 Å². The van der Waals surface area contributed by atoms with Crippen molar-refractivity contribution >= 4 is 0 Å². The SMILES string of the molecule is C#CCc1cnccn1. The Labute approximate surface area is 54.0 Å². The van der Waals surface area contributed by atoms with Gasteiger partial charge in [0.05, 0.1) is 12.1 Å². The van der Waals surface area contributed by atoms with E-state index in [1.165, 1.54) is 0 Å². The number of hydrogen-bond acceptors (Lipinski definition) is 2. The maximum absolute atomic E-state index is 5.04. The van der Waals surface area contributed by atoms with Crippen LogP contribution in [0.2, 0.25) is 0 Å². The van der Waals surface area contributed by atoms with Gasteiger partial charge in [0, 0.05) is 18.6 Å². The molecule has 1 aromatic heterocycles. The molecule has 0 bridgehead atoms. The summed E-state index contributed by atoms with van der Waals surface area (Å²) >= 11 is 0. The molecule has 1 heterocycles. The Kier molecular flexibility index (Phi) is 1.81. The molecule has 0 aliphatic heterocycles. The molecule has 2 heteroatoms. The number of terminal acetylenes is 1. The quantitative estimate of drug-likeness (QED) is 0.506. The molecule has 0 aromatic carbocycles. The number of rotatable bonds is 1. The maximum atomic E-state index is 5.04. The Morgan fingerprint density at radius 1 is 1.56 bits per heavy atom. The molecule has 0 amide bonds. The van der Waals surface area contributed by atoms with Crippen molar-refractivity contribution in [1.82, 2.24) is 9.97 Å². The van der Waals surface area contributed by atoms with Crippen molar-refractivity contribution in [3.05, 3.63) is 24.3 Å². The molecule has 1 aromatic rings. The number of nitrogens with zero attached hydrogens (tertiary/aromatic N) is 2. The lowest BCUT2D eigenvalue weighted by molar-refractivity contribution is 1.07. The monoisotopic (exact) mass is 118 g/mol. The van der Waals surface area contributed by atoms with Gasteiger partial charge in [0.2, 0.25) is 0 Å². The third-order valence-corrected chi connectivity index (χ3v) is 0.900. The van der Waals surface area contributed by atoms with Gasteiger partial charge in [-0.25, -0.2) is 0 Å². The predicted octanol–water partition coefficient (Wildman–Crippen LogP) is 0.652. The molecule has 44 valence electrons. The minimum absolute atomic E-state index is 0.563. The largest absolute Gasteiger partial charge is 0.261 e. The van der Waals surface area contributed by atoms with Gasteiger partial charge in [0.1, 0.15) is 0 Å². The maximum Gasteiger partial charge on any atom is 0.0705 e.